The number of nitrogens with one attached hydrogen (secondary N) is 2. The van der Waals surface area contributed by atoms with Crippen LogP contribution >= 0.6 is 35.7 Å². The molecule has 2 rings (SSSR count). The van der Waals surface area contributed by atoms with Gasteiger partial charge in [-0.05, 0) is 25.1 Å². The van der Waals surface area contributed by atoms with Crippen molar-refractivity contribution in [2.24, 2.45) is 4.99 Å². The van der Waals surface area contributed by atoms with E-state index in [2.05, 4.69) is 59.8 Å². The molecule has 0 aliphatic carbocycles. The number of guanidine groups is 1. The highest BCUT2D eigenvalue weighted by Gasteiger charge is 2.08. The molecule has 0 spiro atoms. The second-order valence-corrected chi connectivity index (χ2v) is 7.71. The molecule has 148 valence electrons. The van der Waals surface area contributed by atoms with E-state index in [0.717, 1.165) is 30.4 Å². The van der Waals surface area contributed by atoms with Crippen LogP contribution in [0.3, 0.4) is 0 Å². The third-order valence-electron chi connectivity index (χ3n) is 3.68. The first kappa shape index (κ1) is 23.6. The summed E-state index contributed by atoms with van der Waals surface area (Å²) in [6.07, 6.45) is 1.81. The van der Waals surface area contributed by atoms with E-state index in [1.165, 1.54) is 4.90 Å². The Labute approximate surface area is 184 Å². The smallest absolute Gasteiger partial charge is 0.191 e. The molecule has 2 aromatic rings. The Balaban J connectivity index is 0.00000364. The van der Waals surface area contributed by atoms with Gasteiger partial charge in [-0.15, -0.1) is 35.7 Å². The number of anilines is 1. The van der Waals surface area contributed by atoms with E-state index in [1.54, 1.807) is 0 Å². The molecule has 0 aliphatic rings. The Morgan fingerprint density at radius 3 is 2.56 bits per heavy atom. The zero-order valence-corrected chi connectivity index (χ0v) is 19.6. The Morgan fingerprint density at radius 2 is 1.89 bits per heavy atom. The maximum Gasteiger partial charge on any atom is 0.191 e. The van der Waals surface area contributed by atoms with Gasteiger partial charge in [-0.3, -0.25) is 0 Å². The first-order valence-corrected chi connectivity index (χ1v) is 9.83. The van der Waals surface area contributed by atoms with Crippen molar-refractivity contribution >= 4 is 47.5 Å². The number of thioether (sulfide) groups is 1. The SMILES string of the molecule is CCNC(=NCc1cccnc1N(C)C)NCC(C)Sc1ccccc1.I. The van der Waals surface area contributed by atoms with Gasteiger partial charge in [0.2, 0.25) is 0 Å². The molecular formula is C20H30IN5S. The molecule has 27 heavy (non-hydrogen) atoms. The van der Waals surface area contributed by atoms with Crippen molar-refractivity contribution in [3.63, 3.8) is 0 Å². The molecule has 1 unspecified atom stereocenters. The molecule has 1 heterocycles. The van der Waals surface area contributed by atoms with Crippen molar-refractivity contribution < 1.29 is 0 Å². The summed E-state index contributed by atoms with van der Waals surface area (Å²) >= 11 is 1.86. The number of aromatic nitrogens is 1. The van der Waals surface area contributed by atoms with E-state index in [9.17, 15) is 0 Å². The molecule has 0 bridgehead atoms. The standard InChI is InChI=1S/C20H29N5S.HI/c1-5-21-20(23-14-16(2)26-18-11-7-6-8-12-18)24-15-17-10-9-13-22-19(17)25(3)4;/h6-13,16H,5,14-15H2,1-4H3,(H2,21,23,24);1H. The van der Waals surface area contributed by atoms with E-state index < -0.39 is 0 Å². The topological polar surface area (TPSA) is 52.6 Å². The van der Waals surface area contributed by atoms with Crippen LogP contribution in [0.4, 0.5) is 5.82 Å². The average molecular weight is 499 g/mol. The predicted molar refractivity (Wildman–Crippen MR) is 129 cm³/mol. The van der Waals surface area contributed by atoms with Gasteiger partial charge in [0.1, 0.15) is 5.82 Å². The third-order valence-corrected chi connectivity index (χ3v) is 4.79. The first-order chi connectivity index (χ1) is 12.6. The van der Waals surface area contributed by atoms with E-state index >= 15 is 0 Å². The minimum Gasteiger partial charge on any atom is -0.362 e. The van der Waals surface area contributed by atoms with Crippen LogP contribution in [0.5, 0.6) is 0 Å². The van der Waals surface area contributed by atoms with Gasteiger partial charge in [0, 0.05) is 49.1 Å². The summed E-state index contributed by atoms with van der Waals surface area (Å²) < 4.78 is 0. The van der Waals surface area contributed by atoms with Gasteiger partial charge < -0.3 is 15.5 Å². The molecule has 0 fully saturated rings. The van der Waals surface area contributed by atoms with Crippen LogP contribution in [-0.2, 0) is 6.54 Å². The fraction of sp³-hybridized carbons (Fsp3) is 0.400. The highest BCUT2D eigenvalue weighted by molar-refractivity contribution is 14.0. The fourth-order valence-electron chi connectivity index (χ4n) is 2.48. The monoisotopic (exact) mass is 499 g/mol. The molecule has 0 saturated heterocycles. The van der Waals surface area contributed by atoms with Crippen LogP contribution in [0.2, 0.25) is 0 Å². The molecule has 0 saturated carbocycles. The second-order valence-electron chi connectivity index (χ2n) is 6.20. The zero-order valence-electron chi connectivity index (χ0n) is 16.5. The van der Waals surface area contributed by atoms with Crippen LogP contribution in [0, 0.1) is 0 Å². The fourth-order valence-corrected chi connectivity index (χ4v) is 3.42. The maximum absolute atomic E-state index is 4.72. The van der Waals surface area contributed by atoms with E-state index in [4.69, 9.17) is 4.99 Å². The summed E-state index contributed by atoms with van der Waals surface area (Å²) in [6, 6.07) is 14.5. The Bertz CT molecular complexity index is 694. The Hall–Kier alpha value is -1.48. The lowest BCUT2D eigenvalue weighted by Crippen LogP contribution is -2.40. The molecule has 2 N–H and O–H groups in total. The zero-order chi connectivity index (χ0) is 18.8. The predicted octanol–water partition coefficient (Wildman–Crippen LogP) is 4.00. The van der Waals surface area contributed by atoms with E-state index in [1.807, 2.05) is 49.1 Å². The number of aliphatic imine (C=N–C) groups is 1. The number of hydrogen-bond donors (Lipinski definition) is 2. The minimum atomic E-state index is 0. The quantitative estimate of drug-likeness (QED) is 0.249. The van der Waals surface area contributed by atoms with Crippen molar-refractivity contribution in [2.45, 2.75) is 30.5 Å². The molecule has 1 aromatic carbocycles. The van der Waals surface area contributed by atoms with Crippen molar-refractivity contribution in [1.82, 2.24) is 15.6 Å². The second kappa shape index (κ2) is 12.8. The Kier molecular flexibility index (Phi) is 11.2. The van der Waals surface area contributed by atoms with Gasteiger partial charge in [-0.25, -0.2) is 9.98 Å². The van der Waals surface area contributed by atoms with Gasteiger partial charge in [0.25, 0.3) is 0 Å². The summed E-state index contributed by atoms with van der Waals surface area (Å²) in [5.74, 6) is 1.79. The first-order valence-electron chi connectivity index (χ1n) is 8.95. The van der Waals surface area contributed by atoms with Gasteiger partial charge in [0.05, 0.1) is 6.54 Å². The summed E-state index contributed by atoms with van der Waals surface area (Å²) in [6.45, 7) is 6.57. The van der Waals surface area contributed by atoms with Crippen molar-refractivity contribution in [2.75, 3.05) is 32.1 Å². The molecule has 7 heteroatoms. The maximum atomic E-state index is 4.72. The van der Waals surface area contributed by atoms with Crippen molar-refractivity contribution in [3.05, 3.63) is 54.2 Å². The lowest BCUT2D eigenvalue weighted by atomic mass is 10.2. The van der Waals surface area contributed by atoms with Crippen LogP contribution in [0.25, 0.3) is 0 Å². The largest absolute Gasteiger partial charge is 0.362 e. The van der Waals surface area contributed by atoms with Crippen LogP contribution in [0.15, 0.2) is 58.5 Å². The summed E-state index contributed by atoms with van der Waals surface area (Å²) in [4.78, 5) is 12.5. The lowest BCUT2D eigenvalue weighted by Gasteiger charge is -2.17. The molecular weight excluding hydrogens is 469 g/mol. The van der Waals surface area contributed by atoms with E-state index in [-0.39, 0.29) is 24.0 Å². The summed E-state index contributed by atoms with van der Waals surface area (Å²) in [7, 11) is 4.00. The average Bonchev–Trinajstić information content (AvgIpc) is 2.65. The van der Waals surface area contributed by atoms with Crippen LogP contribution in [0.1, 0.15) is 19.4 Å². The van der Waals surface area contributed by atoms with Gasteiger partial charge in [-0.2, -0.15) is 0 Å². The molecule has 5 nitrogen and oxygen atoms in total. The number of nitrogens with zero attached hydrogens (tertiary/aromatic N) is 3. The molecule has 0 aliphatic heterocycles. The van der Waals surface area contributed by atoms with Crippen LogP contribution < -0.4 is 15.5 Å². The van der Waals surface area contributed by atoms with Crippen LogP contribution in [-0.4, -0.2) is 43.4 Å². The van der Waals surface area contributed by atoms with E-state index in [0.29, 0.717) is 11.8 Å². The van der Waals surface area contributed by atoms with Gasteiger partial charge >= 0.3 is 0 Å². The van der Waals surface area contributed by atoms with Crippen molar-refractivity contribution in [1.29, 1.82) is 0 Å². The molecule has 0 radical (unpaired) electrons. The Morgan fingerprint density at radius 1 is 1.15 bits per heavy atom. The third kappa shape index (κ3) is 8.38. The number of pyridine rings is 1. The number of hydrogen-bond acceptors (Lipinski definition) is 4. The lowest BCUT2D eigenvalue weighted by molar-refractivity contribution is 0.794. The van der Waals surface area contributed by atoms with Gasteiger partial charge in [-0.1, -0.05) is 31.2 Å². The molecule has 1 aromatic heterocycles. The number of halogens is 1. The highest BCUT2D eigenvalue weighted by Crippen LogP contribution is 2.22. The van der Waals surface area contributed by atoms with Crippen molar-refractivity contribution in [3.8, 4) is 0 Å². The highest BCUT2D eigenvalue weighted by atomic mass is 127. The summed E-state index contributed by atoms with van der Waals surface area (Å²) in [5.41, 5.74) is 1.11. The normalized spacial score (nSPS) is 12.1. The molecule has 0 amide bonds. The minimum absolute atomic E-state index is 0. The molecule has 1 atom stereocenters. The number of rotatable bonds is 8. The van der Waals surface area contributed by atoms with Gasteiger partial charge in [0.15, 0.2) is 5.96 Å². The number of benzene rings is 1. The summed E-state index contributed by atoms with van der Waals surface area (Å²) in [5, 5.41) is 7.20.